The van der Waals surface area contributed by atoms with Gasteiger partial charge in [-0.3, -0.25) is 9.79 Å². The second-order valence-corrected chi connectivity index (χ2v) is 7.10. The third kappa shape index (κ3) is 7.45. The number of guanidine groups is 1. The number of nitrogens with zero attached hydrogens (tertiary/aromatic N) is 2. The van der Waals surface area contributed by atoms with Gasteiger partial charge in [0.1, 0.15) is 17.7 Å². The molecule has 1 amide bonds. The number of rotatable bonds is 7. The fraction of sp³-hybridized carbons (Fsp3) is 0.600. The summed E-state index contributed by atoms with van der Waals surface area (Å²) in [7, 11) is 1.69. The Kier molecular flexibility index (Phi) is 8.36. The quantitative estimate of drug-likeness (QED) is 0.565. The number of benzene rings is 1. The number of ether oxygens (including phenoxy) is 1. The molecule has 1 fully saturated rings. The normalized spacial score (nSPS) is 18.7. The van der Waals surface area contributed by atoms with E-state index in [9.17, 15) is 9.18 Å². The molecule has 1 heterocycles. The molecule has 1 aromatic rings. The van der Waals surface area contributed by atoms with Crippen LogP contribution >= 0.6 is 0 Å². The van der Waals surface area contributed by atoms with Gasteiger partial charge in [0.2, 0.25) is 5.91 Å². The molecule has 0 spiro atoms. The average molecular weight is 378 g/mol. The SMILES string of the molecule is CN=C(NCCC(=O)N1CCCC(C)C1)NCC(C)Oc1ccc(F)cc1. The Morgan fingerprint density at radius 2 is 2.11 bits per heavy atom. The summed E-state index contributed by atoms with van der Waals surface area (Å²) in [4.78, 5) is 18.4. The summed E-state index contributed by atoms with van der Waals surface area (Å²) >= 11 is 0. The minimum atomic E-state index is -0.286. The van der Waals surface area contributed by atoms with E-state index in [4.69, 9.17) is 4.74 Å². The van der Waals surface area contributed by atoms with E-state index in [1.807, 2.05) is 11.8 Å². The smallest absolute Gasteiger partial charge is 0.224 e. The first-order valence-electron chi connectivity index (χ1n) is 9.62. The van der Waals surface area contributed by atoms with Gasteiger partial charge in [-0.1, -0.05) is 6.92 Å². The van der Waals surface area contributed by atoms with E-state index in [0.29, 0.717) is 37.1 Å². The molecule has 2 atom stereocenters. The largest absolute Gasteiger partial charge is 0.489 e. The Hall–Kier alpha value is -2.31. The summed E-state index contributed by atoms with van der Waals surface area (Å²) in [5.41, 5.74) is 0. The van der Waals surface area contributed by atoms with E-state index in [1.54, 1.807) is 19.2 Å². The maximum Gasteiger partial charge on any atom is 0.224 e. The fourth-order valence-corrected chi connectivity index (χ4v) is 3.11. The summed E-state index contributed by atoms with van der Waals surface area (Å²) in [5.74, 6) is 1.75. The van der Waals surface area contributed by atoms with Gasteiger partial charge in [0.25, 0.3) is 0 Å². The van der Waals surface area contributed by atoms with Gasteiger partial charge in [0.05, 0.1) is 6.54 Å². The minimum Gasteiger partial charge on any atom is -0.489 e. The van der Waals surface area contributed by atoms with Crippen molar-refractivity contribution in [3.8, 4) is 5.75 Å². The Morgan fingerprint density at radius 3 is 2.78 bits per heavy atom. The standard InChI is InChI=1S/C20H31FN4O2/c1-15-5-4-12-25(14-15)19(26)10-11-23-20(22-3)24-13-16(2)27-18-8-6-17(21)7-9-18/h6-9,15-16H,4-5,10-14H2,1-3H3,(H2,22,23,24). The van der Waals surface area contributed by atoms with Gasteiger partial charge >= 0.3 is 0 Å². The van der Waals surface area contributed by atoms with Crippen molar-refractivity contribution >= 4 is 11.9 Å². The second-order valence-electron chi connectivity index (χ2n) is 7.10. The van der Waals surface area contributed by atoms with Crippen molar-refractivity contribution in [1.82, 2.24) is 15.5 Å². The molecule has 7 heteroatoms. The molecule has 0 aliphatic carbocycles. The molecule has 0 saturated carbocycles. The van der Waals surface area contributed by atoms with E-state index in [1.165, 1.54) is 18.6 Å². The molecule has 0 radical (unpaired) electrons. The Balaban J connectivity index is 1.66. The Morgan fingerprint density at radius 1 is 1.37 bits per heavy atom. The number of piperidine rings is 1. The van der Waals surface area contributed by atoms with Gasteiger partial charge in [0, 0.05) is 33.1 Å². The van der Waals surface area contributed by atoms with Crippen LogP contribution in [0.3, 0.4) is 0 Å². The molecule has 2 unspecified atom stereocenters. The number of hydrogen-bond donors (Lipinski definition) is 2. The van der Waals surface area contributed by atoms with Gasteiger partial charge in [-0.25, -0.2) is 4.39 Å². The summed E-state index contributed by atoms with van der Waals surface area (Å²) < 4.78 is 18.6. The molecular weight excluding hydrogens is 347 g/mol. The third-order valence-corrected chi connectivity index (χ3v) is 4.57. The van der Waals surface area contributed by atoms with Crippen LogP contribution < -0.4 is 15.4 Å². The van der Waals surface area contributed by atoms with E-state index >= 15 is 0 Å². The zero-order valence-electron chi connectivity index (χ0n) is 16.5. The molecule has 27 heavy (non-hydrogen) atoms. The second kappa shape index (κ2) is 10.7. The number of amides is 1. The Bertz CT molecular complexity index is 621. The van der Waals surface area contributed by atoms with Crippen LogP contribution in [0.4, 0.5) is 4.39 Å². The van der Waals surface area contributed by atoms with Crippen molar-refractivity contribution in [1.29, 1.82) is 0 Å². The molecule has 1 aliphatic rings. The van der Waals surface area contributed by atoms with Gasteiger partial charge in [-0.2, -0.15) is 0 Å². The molecule has 1 aliphatic heterocycles. The van der Waals surface area contributed by atoms with E-state index in [2.05, 4.69) is 22.5 Å². The predicted molar refractivity (Wildman–Crippen MR) is 105 cm³/mol. The number of halogens is 1. The lowest BCUT2D eigenvalue weighted by atomic mass is 10.00. The summed E-state index contributed by atoms with van der Waals surface area (Å²) in [6.45, 7) is 6.92. The first kappa shape index (κ1) is 21.0. The monoisotopic (exact) mass is 378 g/mol. The van der Waals surface area contributed by atoms with Crippen molar-refractivity contribution < 1.29 is 13.9 Å². The van der Waals surface area contributed by atoms with Crippen LogP contribution in [0.5, 0.6) is 5.75 Å². The van der Waals surface area contributed by atoms with Gasteiger partial charge in [-0.15, -0.1) is 0 Å². The highest BCUT2D eigenvalue weighted by Crippen LogP contribution is 2.16. The fourth-order valence-electron chi connectivity index (χ4n) is 3.11. The first-order chi connectivity index (χ1) is 13.0. The number of nitrogens with one attached hydrogen (secondary N) is 2. The molecule has 6 nitrogen and oxygen atoms in total. The number of hydrogen-bond acceptors (Lipinski definition) is 3. The van der Waals surface area contributed by atoms with Crippen molar-refractivity contribution in [2.45, 2.75) is 39.2 Å². The van der Waals surface area contributed by atoms with Crippen LogP contribution in [-0.2, 0) is 4.79 Å². The van der Waals surface area contributed by atoms with E-state index < -0.39 is 0 Å². The number of aliphatic imine (C=N–C) groups is 1. The molecule has 1 saturated heterocycles. The van der Waals surface area contributed by atoms with Crippen LogP contribution in [0.2, 0.25) is 0 Å². The molecular formula is C20H31FN4O2. The third-order valence-electron chi connectivity index (χ3n) is 4.57. The van der Waals surface area contributed by atoms with Crippen molar-refractivity contribution in [2.75, 3.05) is 33.2 Å². The van der Waals surface area contributed by atoms with Crippen LogP contribution in [0.15, 0.2) is 29.3 Å². The lowest BCUT2D eigenvalue weighted by Gasteiger charge is -2.31. The molecule has 0 bridgehead atoms. The van der Waals surface area contributed by atoms with E-state index in [0.717, 1.165) is 19.5 Å². The number of carbonyl (C=O) groups is 1. The molecule has 0 aromatic heterocycles. The van der Waals surface area contributed by atoms with Crippen LogP contribution in [0, 0.1) is 11.7 Å². The van der Waals surface area contributed by atoms with Gasteiger partial charge in [-0.05, 0) is 49.9 Å². The lowest BCUT2D eigenvalue weighted by molar-refractivity contribution is -0.132. The molecule has 1 aromatic carbocycles. The zero-order valence-corrected chi connectivity index (χ0v) is 16.5. The topological polar surface area (TPSA) is 66.0 Å². The predicted octanol–water partition coefficient (Wildman–Crippen LogP) is 2.41. The summed E-state index contributed by atoms with van der Waals surface area (Å²) in [6, 6.07) is 5.95. The van der Waals surface area contributed by atoms with Crippen LogP contribution in [0.1, 0.15) is 33.1 Å². The van der Waals surface area contributed by atoms with Crippen LogP contribution in [-0.4, -0.2) is 56.1 Å². The van der Waals surface area contributed by atoms with Gasteiger partial charge in [0.15, 0.2) is 5.96 Å². The minimum absolute atomic E-state index is 0.120. The highest BCUT2D eigenvalue weighted by molar-refractivity contribution is 5.81. The lowest BCUT2D eigenvalue weighted by Crippen LogP contribution is -2.44. The van der Waals surface area contributed by atoms with Crippen molar-refractivity contribution in [2.24, 2.45) is 10.9 Å². The summed E-state index contributed by atoms with van der Waals surface area (Å²) in [6.07, 6.45) is 2.63. The Labute approximate surface area is 161 Å². The van der Waals surface area contributed by atoms with Crippen LogP contribution in [0.25, 0.3) is 0 Å². The first-order valence-corrected chi connectivity index (χ1v) is 9.62. The van der Waals surface area contributed by atoms with Crippen molar-refractivity contribution in [3.05, 3.63) is 30.1 Å². The molecule has 150 valence electrons. The highest BCUT2D eigenvalue weighted by Gasteiger charge is 2.20. The zero-order chi connectivity index (χ0) is 19.6. The van der Waals surface area contributed by atoms with Gasteiger partial charge < -0.3 is 20.3 Å². The average Bonchev–Trinajstić information content (AvgIpc) is 2.66. The summed E-state index contributed by atoms with van der Waals surface area (Å²) in [5, 5.41) is 6.34. The molecule has 2 rings (SSSR count). The molecule has 2 N–H and O–H groups in total. The maximum absolute atomic E-state index is 12.9. The number of likely N-dealkylation sites (tertiary alicyclic amines) is 1. The highest BCUT2D eigenvalue weighted by atomic mass is 19.1. The van der Waals surface area contributed by atoms with Crippen molar-refractivity contribution in [3.63, 3.8) is 0 Å². The maximum atomic E-state index is 12.9. The van der Waals surface area contributed by atoms with E-state index in [-0.39, 0.29) is 17.8 Å². The number of carbonyl (C=O) groups excluding carboxylic acids is 1.